The highest BCUT2D eigenvalue weighted by Gasteiger charge is 2.07. The van der Waals surface area contributed by atoms with Gasteiger partial charge in [-0.3, -0.25) is 0 Å². The quantitative estimate of drug-likeness (QED) is 0.438. The molecule has 0 saturated heterocycles. The Morgan fingerprint density at radius 1 is 0.679 bits per heavy atom. The summed E-state index contributed by atoms with van der Waals surface area (Å²) in [4.78, 5) is 0. The molecule has 0 aliphatic heterocycles. The summed E-state index contributed by atoms with van der Waals surface area (Å²) in [5, 5.41) is 0. The predicted molar refractivity (Wildman–Crippen MR) is 128 cm³/mol. The summed E-state index contributed by atoms with van der Waals surface area (Å²) in [5.74, 6) is 0.900. The fraction of sp³-hybridized carbons (Fsp3) is 0.556. The number of benzene rings is 2. The molecule has 0 aliphatic rings. The van der Waals surface area contributed by atoms with Crippen LogP contribution in [-0.2, 0) is 6.42 Å². The molecule has 2 aromatic carbocycles. The first-order chi connectivity index (χ1) is 13.7. The lowest BCUT2D eigenvalue weighted by molar-refractivity contribution is 0.427. The Bertz CT molecular complexity index is 535. The SMILES string of the molecule is CC.CCCC(N)c1ccccc1.CCCCC(CCC)Cc1ccccc1. The van der Waals surface area contributed by atoms with E-state index < -0.39 is 0 Å². The van der Waals surface area contributed by atoms with E-state index in [0.29, 0.717) is 0 Å². The first-order valence-electron chi connectivity index (χ1n) is 11.6. The number of rotatable bonds is 10. The average molecular weight is 384 g/mol. The molecule has 0 saturated carbocycles. The van der Waals surface area contributed by atoms with Gasteiger partial charge in [0, 0.05) is 6.04 Å². The van der Waals surface area contributed by atoms with Gasteiger partial charge in [-0.15, -0.1) is 0 Å². The van der Waals surface area contributed by atoms with Crippen molar-refractivity contribution in [2.45, 2.75) is 92.0 Å². The lowest BCUT2D eigenvalue weighted by atomic mass is 9.90. The molecule has 0 bridgehead atoms. The minimum absolute atomic E-state index is 0.223. The molecule has 158 valence electrons. The Labute approximate surface area is 175 Å². The molecule has 0 heterocycles. The van der Waals surface area contributed by atoms with E-state index in [-0.39, 0.29) is 6.04 Å². The highest BCUT2D eigenvalue weighted by Crippen LogP contribution is 2.20. The van der Waals surface area contributed by atoms with Crippen LogP contribution in [0.25, 0.3) is 0 Å². The topological polar surface area (TPSA) is 26.0 Å². The van der Waals surface area contributed by atoms with Gasteiger partial charge in [0.05, 0.1) is 0 Å². The van der Waals surface area contributed by atoms with Crippen molar-refractivity contribution in [1.29, 1.82) is 0 Å². The highest BCUT2D eigenvalue weighted by molar-refractivity contribution is 5.18. The van der Waals surface area contributed by atoms with Gasteiger partial charge < -0.3 is 5.73 Å². The molecule has 2 unspecified atom stereocenters. The van der Waals surface area contributed by atoms with Gasteiger partial charge in [-0.05, 0) is 29.9 Å². The van der Waals surface area contributed by atoms with Crippen molar-refractivity contribution < 1.29 is 0 Å². The molecule has 1 heteroatoms. The van der Waals surface area contributed by atoms with Crippen molar-refractivity contribution in [3.05, 3.63) is 71.8 Å². The maximum Gasteiger partial charge on any atom is 0.0294 e. The van der Waals surface area contributed by atoms with Crippen LogP contribution in [0.4, 0.5) is 0 Å². The van der Waals surface area contributed by atoms with E-state index in [1.165, 1.54) is 49.7 Å². The lowest BCUT2D eigenvalue weighted by Gasteiger charge is -2.15. The Morgan fingerprint density at radius 3 is 1.71 bits per heavy atom. The Hall–Kier alpha value is -1.60. The van der Waals surface area contributed by atoms with Crippen molar-refractivity contribution in [2.75, 3.05) is 0 Å². The molecule has 2 atom stereocenters. The molecule has 0 fully saturated rings. The first-order valence-corrected chi connectivity index (χ1v) is 11.6. The minimum Gasteiger partial charge on any atom is -0.324 e. The molecular weight excluding hydrogens is 338 g/mol. The highest BCUT2D eigenvalue weighted by atomic mass is 14.6. The summed E-state index contributed by atoms with van der Waals surface area (Å²) in [7, 11) is 0. The Morgan fingerprint density at radius 2 is 1.21 bits per heavy atom. The predicted octanol–water partition coefficient (Wildman–Crippen LogP) is 8.35. The second-order valence-electron chi connectivity index (χ2n) is 7.29. The Balaban J connectivity index is 0.000000497. The maximum atomic E-state index is 5.91. The van der Waals surface area contributed by atoms with Crippen LogP contribution in [-0.4, -0.2) is 0 Å². The smallest absolute Gasteiger partial charge is 0.0294 e. The van der Waals surface area contributed by atoms with E-state index >= 15 is 0 Å². The molecule has 2 aromatic rings. The molecule has 0 aromatic heterocycles. The van der Waals surface area contributed by atoms with E-state index in [1.807, 2.05) is 32.0 Å². The normalized spacial score (nSPS) is 12.1. The van der Waals surface area contributed by atoms with Crippen molar-refractivity contribution in [3.8, 4) is 0 Å². The van der Waals surface area contributed by atoms with Crippen molar-refractivity contribution in [2.24, 2.45) is 11.7 Å². The summed E-state index contributed by atoms with van der Waals surface area (Å²) in [6.45, 7) is 10.7. The molecule has 0 aliphatic carbocycles. The first kappa shape index (κ1) is 26.4. The third-order valence-corrected chi connectivity index (χ3v) is 4.86. The van der Waals surface area contributed by atoms with Gasteiger partial charge in [0.15, 0.2) is 0 Å². The number of nitrogens with two attached hydrogens (primary N) is 1. The molecule has 0 spiro atoms. The summed E-state index contributed by atoms with van der Waals surface area (Å²) >= 11 is 0. The van der Waals surface area contributed by atoms with Gasteiger partial charge in [0.1, 0.15) is 0 Å². The van der Waals surface area contributed by atoms with Crippen LogP contribution in [0, 0.1) is 5.92 Å². The molecule has 2 N–H and O–H groups in total. The van der Waals surface area contributed by atoms with Crippen LogP contribution >= 0.6 is 0 Å². The molecule has 1 nitrogen and oxygen atoms in total. The van der Waals surface area contributed by atoms with E-state index in [9.17, 15) is 0 Å². The van der Waals surface area contributed by atoms with E-state index in [4.69, 9.17) is 5.73 Å². The van der Waals surface area contributed by atoms with Gasteiger partial charge in [-0.25, -0.2) is 0 Å². The fourth-order valence-electron chi connectivity index (χ4n) is 3.37. The van der Waals surface area contributed by atoms with Gasteiger partial charge in [-0.1, -0.05) is 134 Å². The number of unbranched alkanes of at least 4 members (excludes halogenated alkanes) is 1. The zero-order chi connectivity index (χ0) is 21.0. The summed E-state index contributed by atoms with van der Waals surface area (Å²) < 4.78 is 0. The van der Waals surface area contributed by atoms with Crippen LogP contribution in [0.15, 0.2) is 60.7 Å². The van der Waals surface area contributed by atoms with Gasteiger partial charge in [-0.2, -0.15) is 0 Å². The van der Waals surface area contributed by atoms with Crippen molar-refractivity contribution >= 4 is 0 Å². The van der Waals surface area contributed by atoms with E-state index in [2.05, 4.69) is 63.2 Å². The monoisotopic (exact) mass is 383 g/mol. The zero-order valence-corrected chi connectivity index (χ0v) is 19.2. The Kier molecular flexibility index (Phi) is 17.7. The van der Waals surface area contributed by atoms with Crippen LogP contribution in [0.1, 0.15) is 96.7 Å². The van der Waals surface area contributed by atoms with Crippen LogP contribution < -0.4 is 5.73 Å². The van der Waals surface area contributed by atoms with Crippen molar-refractivity contribution in [1.82, 2.24) is 0 Å². The van der Waals surface area contributed by atoms with Crippen LogP contribution in [0.5, 0.6) is 0 Å². The molecule has 0 amide bonds. The number of hydrogen-bond acceptors (Lipinski definition) is 1. The molecular formula is C27H45N. The summed E-state index contributed by atoms with van der Waals surface area (Å²) in [5.41, 5.74) is 8.66. The summed E-state index contributed by atoms with van der Waals surface area (Å²) in [6.07, 6.45) is 10.3. The van der Waals surface area contributed by atoms with Gasteiger partial charge in [0.25, 0.3) is 0 Å². The van der Waals surface area contributed by atoms with Gasteiger partial charge >= 0.3 is 0 Å². The lowest BCUT2D eigenvalue weighted by Crippen LogP contribution is -2.08. The minimum atomic E-state index is 0.223. The average Bonchev–Trinajstić information content (AvgIpc) is 2.76. The summed E-state index contributed by atoms with van der Waals surface area (Å²) in [6, 6.07) is 21.4. The third-order valence-electron chi connectivity index (χ3n) is 4.86. The standard InChI is InChI=1S/C15H24.C10H15N.C2H6/c1-3-5-10-14(9-4-2)13-15-11-7-6-8-12-15;1-2-6-10(11)9-7-4-3-5-8-9;1-2/h6-8,11-12,14H,3-5,9-10,13H2,1-2H3;3-5,7-8,10H,2,6,11H2,1H3;1-2H3. The van der Waals surface area contributed by atoms with E-state index in [1.54, 1.807) is 0 Å². The largest absolute Gasteiger partial charge is 0.324 e. The maximum absolute atomic E-state index is 5.91. The van der Waals surface area contributed by atoms with Crippen LogP contribution in [0.3, 0.4) is 0 Å². The second-order valence-corrected chi connectivity index (χ2v) is 7.29. The molecule has 28 heavy (non-hydrogen) atoms. The van der Waals surface area contributed by atoms with Gasteiger partial charge in [0.2, 0.25) is 0 Å². The molecule has 0 radical (unpaired) electrons. The zero-order valence-electron chi connectivity index (χ0n) is 19.2. The second kappa shape index (κ2) is 18.7. The van der Waals surface area contributed by atoms with Crippen LogP contribution in [0.2, 0.25) is 0 Å². The number of hydrogen-bond donors (Lipinski definition) is 1. The van der Waals surface area contributed by atoms with Crippen molar-refractivity contribution in [3.63, 3.8) is 0 Å². The molecule has 2 rings (SSSR count). The third kappa shape index (κ3) is 12.7. The van der Waals surface area contributed by atoms with E-state index in [0.717, 1.165) is 18.8 Å². The fourth-order valence-corrected chi connectivity index (χ4v) is 3.37.